The highest BCUT2D eigenvalue weighted by Gasteiger charge is 2.19. The number of rotatable bonds is 9. The van der Waals surface area contributed by atoms with Crippen LogP contribution in [0, 0.1) is 0 Å². The Morgan fingerprint density at radius 1 is 0.935 bits per heavy atom. The standard InChI is InChI=1S/C24H32N4O3/c1-3-26(21-8-6-5-7-9-21)19-24(30)27(4-2)18-23(29)25-20-10-12-22(13-11-20)28-14-16-31-17-15-28/h5-13H,3-4,14-19H2,1-2H3,(H,25,29). The normalized spacial score (nSPS) is 13.5. The highest BCUT2D eigenvalue weighted by atomic mass is 16.5. The lowest BCUT2D eigenvalue weighted by Gasteiger charge is -2.29. The highest BCUT2D eigenvalue weighted by Crippen LogP contribution is 2.19. The summed E-state index contributed by atoms with van der Waals surface area (Å²) < 4.78 is 5.39. The van der Waals surface area contributed by atoms with Crippen molar-refractivity contribution in [3.05, 3.63) is 54.6 Å². The van der Waals surface area contributed by atoms with E-state index in [1.54, 1.807) is 4.90 Å². The first-order valence-electron chi connectivity index (χ1n) is 10.9. The van der Waals surface area contributed by atoms with E-state index in [9.17, 15) is 9.59 Å². The second-order valence-electron chi connectivity index (χ2n) is 7.45. The molecule has 0 aromatic heterocycles. The molecule has 1 heterocycles. The molecule has 2 aromatic carbocycles. The van der Waals surface area contributed by atoms with Gasteiger partial charge >= 0.3 is 0 Å². The van der Waals surface area contributed by atoms with Crippen LogP contribution in [-0.2, 0) is 14.3 Å². The van der Waals surface area contributed by atoms with Crippen LogP contribution in [0.5, 0.6) is 0 Å². The smallest absolute Gasteiger partial charge is 0.243 e. The molecular formula is C24H32N4O3. The van der Waals surface area contributed by atoms with E-state index in [-0.39, 0.29) is 24.9 Å². The van der Waals surface area contributed by atoms with Crippen LogP contribution in [-0.4, -0.2) is 69.2 Å². The highest BCUT2D eigenvalue weighted by molar-refractivity contribution is 5.95. The van der Waals surface area contributed by atoms with Crippen LogP contribution in [0.2, 0.25) is 0 Å². The molecule has 7 heteroatoms. The molecule has 166 valence electrons. The first-order chi connectivity index (χ1) is 15.1. The second kappa shape index (κ2) is 11.4. The quantitative estimate of drug-likeness (QED) is 0.671. The van der Waals surface area contributed by atoms with Gasteiger partial charge in [0.05, 0.1) is 26.3 Å². The summed E-state index contributed by atoms with van der Waals surface area (Å²) in [7, 11) is 0. The van der Waals surface area contributed by atoms with Crippen LogP contribution in [0.15, 0.2) is 54.6 Å². The molecule has 1 fully saturated rings. The number of ether oxygens (including phenoxy) is 1. The Morgan fingerprint density at radius 3 is 2.23 bits per heavy atom. The molecule has 2 amide bonds. The van der Waals surface area contributed by atoms with Crippen molar-refractivity contribution in [1.82, 2.24) is 4.90 Å². The lowest BCUT2D eigenvalue weighted by Crippen LogP contribution is -2.43. The van der Waals surface area contributed by atoms with E-state index in [0.29, 0.717) is 6.54 Å². The Balaban J connectivity index is 1.53. The zero-order valence-electron chi connectivity index (χ0n) is 18.4. The van der Waals surface area contributed by atoms with Crippen LogP contribution in [0.25, 0.3) is 0 Å². The van der Waals surface area contributed by atoms with Gasteiger partial charge in [-0.05, 0) is 50.2 Å². The second-order valence-corrected chi connectivity index (χ2v) is 7.45. The van der Waals surface area contributed by atoms with Crippen molar-refractivity contribution in [3.63, 3.8) is 0 Å². The minimum absolute atomic E-state index is 0.0346. The molecule has 3 rings (SSSR count). The molecule has 0 radical (unpaired) electrons. The molecule has 0 aliphatic carbocycles. The number of nitrogens with zero attached hydrogens (tertiary/aromatic N) is 3. The zero-order chi connectivity index (χ0) is 22.1. The molecule has 1 aliphatic rings. The van der Waals surface area contributed by atoms with Gasteiger partial charge in [-0.15, -0.1) is 0 Å². The van der Waals surface area contributed by atoms with Crippen molar-refractivity contribution in [2.75, 3.05) is 67.6 Å². The van der Waals surface area contributed by atoms with Crippen molar-refractivity contribution < 1.29 is 14.3 Å². The predicted molar refractivity (Wildman–Crippen MR) is 125 cm³/mol. The first-order valence-corrected chi connectivity index (χ1v) is 10.9. The third-order valence-corrected chi connectivity index (χ3v) is 5.43. The fourth-order valence-corrected chi connectivity index (χ4v) is 3.62. The van der Waals surface area contributed by atoms with Gasteiger partial charge in [0, 0.05) is 43.2 Å². The average Bonchev–Trinajstić information content (AvgIpc) is 2.82. The van der Waals surface area contributed by atoms with Gasteiger partial charge in [-0.25, -0.2) is 0 Å². The summed E-state index contributed by atoms with van der Waals surface area (Å²) in [6.07, 6.45) is 0. The van der Waals surface area contributed by atoms with E-state index >= 15 is 0 Å². The summed E-state index contributed by atoms with van der Waals surface area (Å²) >= 11 is 0. The van der Waals surface area contributed by atoms with E-state index in [0.717, 1.165) is 49.9 Å². The summed E-state index contributed by atoms with van der Waals surface area (Å²) in [5, 5.41) is 2.90. The summed E-state index contributed by atoms with van der Waals surface area (Å²) in [5.74, 6) is -0.261. The van der Waals surface area contributed by atoms with E-state index in [1.165, 1.54) is 0 Å². The lowest BCUT2D eigenvalue weighted by atomic mass is 10.2. The molecule has 0 bridgehead atoms. The summed E-state index contributed by atoms with van der Waals surface area (Å²) in [6.45, 7) is 8.60. The van der Waals surface area contributed by atoms with Gasteiger partial charge in [0.2, 0.25) is 11.8 Å². The number of likely N-dealkylation sites (N-methyl/N-ethyl adjacent to an activating group) is 2. The monoisotopic (exact) mass is 424 g/mol. The molecule has 1 saturated heterocycles. The summed E-state index contributed by atoms with van der Waals surface area (Å²) in [4.78, 5) is 31.2. The third-order valence-electron chi connectivity index (χ3n) is 5.43. The van der Waals surface area contributed by atoms with Gasteiger partial charge in [0.25, 0.3) is 0 Å². The first kappa shape index (κ1) is 22.6. The number of carbonyl (C=O) groups is 2. The van der Waals surface area contributed by atoms with Crippen molar-refractivity contribution in [2.45, 2.75) is 13.8 Å². The van der Waals surface area contributed by atoms with E-state index in [4.69, 9.17) is 4.74 Å². The van der Waals surface area contributed by atoms with Gasteiger partial charge in [-0.2, -0.15) is 0 Å². The molecule has 0 spiro atoms. The minimum atomic E-state index is -0.197. The Bertz CT molecular complexity index is 836. The largest absolute Gasteiger partial charge is 0.378 e. The predicted octanol–water partition coefficient (Wildman–Crippen LogP) is 2.84. The minimum Gasteiger partial charge on any atom is -0.378 e. The molecule has 2 aromatic rings. The number of anilines is 3. The number of benzene rings is 2. The molecular weight excluding hydrogens is 392 g/mol. The maximum atomic E-state index is 12.8. The average molecular weight is 425 g/mol. The molecule has 0 saturated carbocycles. The Morgan fingerprint density at radius 2 is 1.61 bits per heavy atom. The number of morpholine rings is 1. The number of carbonyl (C=O) groups excluding carboxylic acids is 2. The number of para-hydroxylation sites is 1. The topological polar surface area (TPSA) is 65.1 Å². The molecule has 7 nitrogen and oxygen atoms in total. The Labute approximate surface area is 184 Å². The van der Waals surface area contributed by atoms with Crippen molar-refractivity contribution >= 4 is 28.9 Å². The molecule has 31 heavy (non-hydrogen) atoms. The van der Waals surface area contributed by atoms with E-state index in [1.807, 2.05) is 73.3 Å². The number of nitrogens with one attached hydrogen (secondary N) is 1. The fraction of sp³-hybridized carbons (Fsp3) is 0.417. The third kappa shape index (κ3) is 6.46. The molecule has 0 atom stereocenters. The van der Waals surface area contributed by atoms with Crippen LogP contribution in [0.1, 0.15) is 13.8 Å². The molecule has 1 N–H and O–H groups in total. The van der Waals surface area contributed by atoms with Crippen LogP contribution < -0.4 is 15.1 Å². The van der Waals surface area contributed by atoms with Gasteiger partial charge in [0.1, 0.15) is 0 Å². The summed E-state index contributed by atoms with van der Waals surface area (Å²) in [5.41, 5.74) is 2.84. The maximum Gasteiger partial charge on any atom is 0.243 e. The van der Waals surface area contributed by atoms with E-state index < -0.39 is 0 Å². The van der Waals surface area contributed by atoms with Gasteiger partial charge in [-0.3, -0.25) is 9.59 Å². The van der Waals surface area contributed by atoms with Crippen LogP contribution in [0.4, 0.5) is 17.1 Å². The van der Waals surface area contributed by atoms with Crippen LogP contribution in [0.3, 0.4) is 0 Å². The molecule has 0 unspecified atom stereocenters. The van der Waals surface area contributed by atoms with Crippen LogP contribution >= 0.6 is 0 Å². The van der Waals surface area contributed by atoms with Gasteiger partial charge in [-0.1, -0.05) is 18.2 Å². The Hall–Kier alpha value is -3.06. The summed E-state index contributed by atoms with van der Waals surface area (Å²) in [6, 6.07) is 17.6. The Kier molecular flexibility index (Phi) is 8.29. The van der Waals surface area contributed by atoms with Crippen molar-refractivity contribution in [1.29, 1.82) is 0 Å². The van der Waals surface area contributed by atoms with Crippen molar-refractivity contribution in [3.8, 4) is 0 Å². The van der Waals surface area contributed by atoms with Crippen molar-refractivity contribution in [2.24, 2.45) is 0 Å². The maximum absolute atomic E-state index is 12.8. The zero-order valence-corrected chi connectivity index (χ0v) is 18.4. The molecule has 1 aliphatic heterocycles. The number of amides is 2. The number of hydrogen-bond acceptors (Lipinski definition) is 5. The number of hydrogen-bond donors (Lipinski definition) is 1. The SMILES string of the molecule is CCN(CC(=O)Nc1ccc(N2CCOCC2)cc1)C(=O)CN(CC)c1ccccc1. The van der Waals surface area contributed by atoms with Gasteiger partial charge < -0.3 is 24.8 Å². The fourth-order valence-electron chi connectivity index (χ4n) is 3.62. The van der Waals surface area contributed by atoms with Gasteiger partial charge in [0.15, 0.2) is 0 Å². The van der Waals surface area contributed by atoms with E-state index in [2.05, 4.69) is 10.2 Å². The lowest BCUT2D eigenvalue weighted by molar-refractivity contribution is -0.133.